The minimum Gasteiger partial charge on any atom is -0.508 e. The zero-order valence-electron chi connectivity index (χ0n) is 15.3. The third kappa shape index (κ3) is 5.75. The van der Waals surface area contributed by atoms with E-state index in [1.807, 2.05) is 26.0 Å². The summed E-state index contributed by atoms with van der Waals surface area (Å²) in [6.45, 7) is 4.84. The first-order valence-corrected chi connectivity index (χ1v) is 10.0. The van der Waals surface area contributed by atoms with Gasteiger partial charge in [-0.3, -0.25) is 4.79 Å². The molecule has 0 radical (unpaired) electrons. The second-order valence-corrected chi connectivity index (χ2v) is 6.91. The Bertz CT molecular complexity index is 833. The Morgan fingerprint density at radius 2 is 1.93 bits per heavy atom. The molecule has 6 heteroatoms. The topological polar surface area (TPSA) is 55.8 Å². The molecule has 2 aromatic rings. The number of carbonyl (C=O) groups excluding carboxylic acids is 1. The van der Waals surface area contributed by atoms with E-state index in [2.05, 4.69) is 15.9 Å². The summed E-state index contributed by atoms with van der Waals surface area (Å²) in [5.74, 6) is 1.63. The summed E-state index contributed by atoms with van der Waals surface area (Å²) in [5, 5.41) is 9.82. The number of ketones is 1. The lowest BCUT2D eigenvalue weighted by Gasteiger charge is -2.13. The lowest BCUT2D eigenvalue weighted by Crippen LogP contribution is -2.00. The molecule has 0 atom stereocenters. The van der Waals surface area contributed by atoms with E-state index in [9.17, 15) is 9.90 Å². The molecule has 0 aliphatic heterocycles. The molecule has 27 heavy (non-hydrogen) atoms. The Morgan fingerprint density at radius 3 is 2.59 bits per heavy atom. The molecule has 0 saturated carbocycles. The van der Waals surface area contributed by atoms with Crippen LogP contribution in [0, 0.1) is 0 Å². The average molecular weight is 454 g/mol. The van der Waals surface area contributed by atoms with E-state index >= 15 is 0 Å². The number of aromatic hydroxyl groups is 1. The standard InChI is InChI=1S/C21H22BrClO4/c1-3-26-20-12-14(11-17(22)21(20)27-4-2)5-7-18(24)15-6-8-19(25)16(13-15)9-10-23/h5-8,11-13,25H,3-4,9-10H2,1-2H3. The van der Waals surface area contributed by atoms with E-state index < -0.39 is 0 Å². The summed E-state index contributed by atoms with van der Waals surface area (Å²) in [7, 11) is 0. The Hall–Kier alpha value is -1.98. The number of allylic oxidation sites excluding steroid dienone is 1. The number of phenolic OH excluding ortho intramolecular Hbond substituents is 1. The van der Waals surface area contributed by atoms with Gasteiger partial charge in [-0.15, -0.1) is 11.6 Å². The fraction of sp³-hybridized carbons (Fsp3) is 0.286. The summed E-state index contributed by atoms with van der Waals surface area (Å²) in [6, 6.07) is 8.49. The molecule has 4 nitrogen and oxygen atoms in total. The Kier molecular flexibility index (Phi) is 8.20. The molecule has 0 heterocycles. The molecule has 2 aromatic carbocycles. The first-order chi connectivity index (χ1) is 13.0. The molecule has 0 aromatic heterocycles. The number of carbonyl (C=O) groups is 1. The van der Waals surface area contributed by atoms with Gasteiger partial charge in [-0.2, -0.15) is 0 Å². The van der Waals surface area contributed by atoms with Gasteiger partial charge < -0.3 is 14.6 Å². The maximum Gasteiger partial charge on any atom is 0.185 e. The third-order valence-corrected chi connectivity index (χ3v) is 4.55. The van der Waals surface area contributed by atoms with Gasteiger partial charge in [0, 0.05) is 11.4 Å². The van der Waals surface area contributed by atoms with Gasteiger partial charge in [0.2, 0.25) is 0 Å². The zero-order chi connectivity index (χ0) is 19.8. The first kappa shape index (κ1) is 21.3. The predicted octanol–water partition coefficient (Wildman–Crippen LogP) is 5.63. The van der Waals surface area contributed by atoms with E-state index in [-0.39, 0.29) is 11.5 Å². The fourth-order valence-corrected chi connectivity index (χ4v) is 3.32. The van der Waals surface area contributed by atoms with E-state index in [4.69, 9.17) is 21.1 Å². The van der Waals surface area contributed by atoms with Gasteiger partial charge in [0.1, 0.15) is 5.75 Å². The first-order valence-electron chi connectivity index (χ1n) is 8.69. The van der Waals surface area contributed by atoms with Crippen LogP contribution in [0.1, 0.15) is 35.3 Å². The number of ether oxygens (including phenoxy) is 2. The van der Waals surface area contributed by atoms with E-state index in [0.717, 1.165) is 10.0 Å². The minimum atomic E-state index is -0.159. The molecule has 0 amide bonds. The van der Waals surface area contributed by atoms with Crippen molar-refractivity contribution in [1.29, 1.82) is 0 Å². The van der Waals surface area contributed by atoms with Crippen molar-refractivity contribution < 1.29 is 19.4 Å². The number of aryl methyl sites for hydroxylation is 1. The Morgan fingerprint density at radius 1 is 1.19 bits per heavy atom. The number of halogens is 2. The molecule has 0 saturated heterocycles. The van der Waals surface area contributed by atoms with Crippen LogP contribution in [0.5, 0.6) is 17.2 Å². The van der Waals surface area contributed by atoms with Crippen LogP contribution in [0.15, 0.2) is 40.9 Å². The molecule has 0 aliphatic rings. The van der Waals surface area contributed by atoms with Gasteiger partial charge >= 0.3 is 0 Å². The predicted molar refractivity (Wildman–Crippen MR) is 112 cm³/mol. The van der Waals surface area contributed by atoms with Gasteiger partial charge in [-0.25, -0.2) is 0 Å². The van der Waals surface area contributed by atoms with Crippen molar-refractivity contribution in [2.45, 2.75) is 20.3 Å². The number of hydrogen-bond acceptors (Lipinski definition) is 4. The highest BCUT2D eigenvalue weighted by molar-refractivity contribution is 9.10. The number of benzene rings is 2. The molecule has 0 fully saturated rings. The van der Waals surface area contributed by atoms with E-state index in [1.165, 1.54) is 12.1 Å². The van der Waals surface area contributed by atoms with Gasteiger partial charge in [0.05, 0.1) is 17.7 Å². The highest BCUT2D eigenvalue weighted by atomic mass is 79.9. The molecule has 0 bridgehead atoms. The van der Waals surface area contributed by atoms with Crippen molar-refractivity contribution in [3.8, 4) is 17.2 Å². The average Bonchev–Trinajstić information content (AvgIpc) is 2.64. The minimum absolute atomic E-state index is 0.146. The molecule has 0 unspecified atom stereocenters. The molecular weight excluding hydrogens is 432 g/mol. The van der Waals surface area contributed by atoms with Crippen molar-refractivity contribution in [2.24, 2.45) is 0 Å². The smallest absolute Gasteiger partial charge is 0.185 e. The van der Waals surface area contributed by atoms with Crippen LogP contribution in [-0.2, 0) is 6.42 Å². The van der Waals surface area contributed by atoms with Crippen LogP contribution in [-0.4, -0.2) is 30.0 Å². The van der Waals surface area contributed by atoms with Crippen molar-refractivity contribution in [3.05, 3.63) is 57.6 Å². The van der Waals surface area contributed by atoms with Gasteiger partial charge in [0.15, 0.2) is 17.3 Å². The lowest BCUT2D eigenvalue weighted by molar-refractivity contribution is 0.104. The van der Waals surface area contributed by atoms with Crippen molar-refractivity contribution in [3.63, 3.8) is 0 Å². The summed E-state index contributed by atoms with van der Waals surface area (Å²) in [4.78, 5) is 12.5. The van der Waals surface area contributed by atoms with Crippen LogP contribution in [0.3, 0.4) is 0 Å². The van der Waals surface area contributed by atoms with E-state index in [1.54, 1.807) is 18.2 Å². The molecule has 1 N–H and O–H groups in total. The molecule has 144 valence electrons. The zero-order valence-corrected chi connectivity index (χ0v) is 17.6. The molecular formula is C21H22BrClO4. The summed E-state index contributed by atoms with van der Waals surface area (Å²) in [5.41, 5.74) is 1.97. The fourth-order valence-electron chi connectivity index (χ4n) is 2.54. The Balaban J connectivity index is 2.26. The highest BCUT2D eigenvalue weighted by Crippen LogP contribution is 2.37. The Labute approximate surface area is 172 Å². The summed E-state index contributed by atoms with van der Waals surface area (Å²) in [6.07, 6.45) is 3.72. The van der Waals surface area contributed by atoms with Gasteiger partial charge in [-0.05, 0) is 83.7 Å². The third-order valence-electron chi connectivity index (χ3n) is 3.78. The van der Waals surface area contributed by atoms with Crippen LogP contribution >= 0.6 is 27.5 Å². The monoisotopic (exact) mass is 452 g/mol. The second kappa shape index (κ2) is 10.4. The van der Waals surface area contributed by atoms with Crippen molar-refractivity contribution in [2.75, 3.05) is 19.1 Å². The van der Waals surface area contributed by atoms with E-state index in [0.29, 0.717) is 48.1 Å². The van der Waals surface area contributed by atoms with Crippen molar-refractivity contribution in [1.82, 2.24) is 0 Å². The normalized spacial score (nSPS) is 11.0. The van der Waals surface area contributed by atoms with Crippen LogP contribution in [0.25, 0.3) is 6.08 Å². The number of rotatable bonds is 9. The summed E-state index contributed by atoms with van der Waals surface area (Å²) >= 11 is 9.23. The number of hydrogen-bond donors (Lipinski definition) is 1. The molecule has 0 aliphatic carbocycles. The highest BCUT2D eigenvalue weighted by Gasteiger charge is 2.12. The van der Waals surface area contributed by atoms with Crippen LogP contribution in [0.2, 0.25) is 0 Å². The molecule has 0 spiro atoms. The SMILES string of the molecule is CCOc1cc(C=CC(=O)c2ccc(O)c(CCCl)c2)cc(Br)c1OCC. The quantitative estimate of drug-likeness (QED) is 0.304. The molecule has 2 rings (SSSR count). The van der Waals surface area contributed by atoms with Gasteiger partial charge in [0.25, 0.3) is 0 Å². The number of phenols is 1. The second-order valence-electron chi connectivity index (χ2n) is 5.68. The van der Waals surface area contributed by atoms with Crippen molar-refractivity contribution >= 4 is 39.4 Å². The van der Waals surface area contributed by atoms with Gasteiger partial charge in [-0.1, -0.05) is 6.08 Å². The maximum absolute atomic E-state index is 12.5. The van der Waals surface area contributed by atoms with Crippen LogP contribution in [0.4, 0.5) is 0 Å². The maximum atomic E-state index is 12.5. The number of alkyl halides is 1. The lowest BCUT2D eigenvalue weighted by atomic mass is 10.0. The largest absolute Gasteiger partial charge is 0.508 e. The van der Waals surface area contributed by atoms with Crippen LogP contribution < -0.4 is 9.47 Å². The summed E-state index contributed by atoms with van der Waals surface area (Å²) < 4.78 is 12.0.